The number of carbonyl (C=O) groups excluding carboxylic acids is 1. The molecule has 0 radical (unpaired) electrons. The molecule has 6 atom stereocenters. The van der Waals surface area contributed by atoms with Crippen molar-refractivity contribution in [2.75, 3.05) is 13.7 Å². The summed E-state index contributed by atoms with van der Waals surface area (Å²) >= 11 is 6.21. The molecule has 1 amide bonds. The molecule has 1 aromatic carbocycles. The highest BCUT2D eigenvalue weighted by Crippen LogP contribution is 2.36. The maximum atomic E-state index is 12.0. The van der Waals surface area contributed by atoms with Crippen molar-refractivity contribution in [3.05, 3.63) is 35.9 Å². The van der Waals surface area contributed by atoms with Gasteiger partial charge in [-0.3, -0.25) is 10.2 Å². The molecule has 148 valence electrons. The first-order valence-electron chi connectivity index (χ1n) is 8.47. The molecule has 2 saturated heterocycles. The Balaban J connectivity index is 1.91. The van der Waals surface area contributed by atoms with Crippen molar-refractivity contribution in [1.29, 1.82) is 0 Å². The predicted molar refractivity (Wildman–Crippen MR) is 93.9 cm³/mol. The number of hydrogen-bond acceptors (Lipinski definition) is 8. The van der Waals surface area contributed by atoms with Gasteiger partial charge in [-0.25, -0.2) is 5.84 Å². The van der Waals surface area contributed by atoms with E-state index < -0.39 is 42.7 Å². The van der Waals surface area contributed by atoms with Gasteiger partial charge < -0.3 is 19.3 Å². The number of hydrazine groups is 1. The smallest absolute Gasteiger partial charge is 0.265 e. The van der Waals surface area contributed by atoms with Crippen molar-refractivity contribution >= 4 is 17.7 Å². The molecule has 0 saturated carbocycles. The van der Waals surface area contributed by atoms with Crippen LogP contribution in [0, 0.1) is 0 Å². The minimum Gasteiger partial charge on any atom is -0.387 e. The van der Waals surface area contributed by atoms with Gasteiger partial charge in [0.1, 0.15) is 18.2 Å². The SMILES string of the molecule is C/N=N\N(Cl)[C@@H]1[C@@H](O)[C@H](C(=O)NN)O[C@@H]2CCOC(c3ccccc3)O[C@H]12. The van der Waals surface area contributed by atoms with E-state index in [4.69, 9.17) is 31.8 Å². The van der Waals surface area contributed by atoms with Crippen LogP contribution in [0.3, 0.4) is 0 Å². The zero-order valence-electron chi connectivity index (χ0n) is 14.6. The number of benzene rings is 1. The maximum absolute atomic E-state index is 12.0. The van der Waals surface area contributed by atoms with Crippen molar-refractivity contribution in [2.24, 2.45) is 16.2 Å². The topological polar surface area (TPSA) is 131 Å². The van der Waals surface area contributed by atoms with Gasteiger partial charge in [-0.1, -0.05) is 35.6 Å². The van der Waals surface area contributed by atoms with Gasteiger partial charge in [0.15, 0.2) is 12.4 Å². The average Bonchev–Trinajstić information content (AvgIpc) is 2.90. The van der Waals surface area contributed by atoms with Crippen LogP contribution in [0.1, 0.15) is 18.3 Å². The second-order valence-electron chi connectivity index (χ2n) is 6.17. The van der Waals surface area contributed by atoms with E-state index in [0.29, 0.717) is 13.0 Å². The molecule has 0 aromatic heterocycles. The Hall–Kier alpha value is -1.82. The van der Waals surface area contributed by atoms with E-state index in [2.05, 4.69) is 10.3 Å². The van der Waals surface area contributed by atoms with E-state index in [1.807, 2.05) is 35.8 Å². The summed E-state index contributed by atoms with van der Waals surface area (Å²) in [6, 6.07) is 8.45. The van der Waals surface area contributed by atoms with Crippen LogP contribution in [0.25, 0.3) is 0 Å². The van der Waals surface area contributed by atoms with Crippen molar-refractivity contribution in [3.8, 4) is 0 Å². The number of fused-ring (bicyclic) bond motifs is 1. The van der Waals surface area contributed by atoms with E-state index in [9.17, 15) is 9.90 Å². The first-order valence-corrected chi connectivity index (χ1v) is 8.81. The lowest BCUT2D eigenvalue weighted by atomic mass is 9.91. The zero-order chi connectivity index (χ0) is 19.4. The van der Waals surface area contributed by atoms with Crippen LogP contribution in [0.5, 0.6) is 0 Å². The number of hydrogen-bond donors (Lipinski definition) is 3. The molecule has 1 unspecified atom stereocenters. The van der Waals surface area contributed by atoms with Gasteiger partial charge in [0.05, 0.1) is 19.8 Å². The molecule has 27 heavy (non-hydrogen) atoms. The van der Waals surface area contributed by atoms with E-state index in [1.165, 1.54) is 7.05 Å². The number of nitrogens with zero attached hydrogens (tertiary/aromatic N) is 3. The summed E-state index contributed by atoms with van der Waals surface area (Å²) in [5.41, 5.74) is 2.80. The molecule has 1 aromatic rings. The third-order valence-electron chi connectivity index (χ3n) is 4.53. The van der Waals surface area contributed by atoms with Crippen molar-refractivity contribution < 1.29 is 24.1 Å². The van der Waals surface area contributed by atoms with Crippen LogP contribution in [-0.4, -0.2) is 59.7 Å². The van der Waals surface area contributed by atoms with Crippen LogP contribution < -0.4 is 11.3 Å². The average molecular weight is 400 g/mol. The standard InChI is InChI=1S/C16H22ClN5O5/c1-19-21-22(17)11-12(23)14(15(24)20-18)26-10-7-8-25-16(27-13(10)11)9-5-3-2-4-6-9/h2-6,10-14,16,23H,7-8,18H2,1H3,(H,20,24)/b21-19-/t10-,11-,12-,13+,14-,16?/m1/s1. The van der Waals surface area contributed by atoms with Crippen LogP contribution in [0.2, 0.25) is 0 Å². The first-order chi connectivity index (χ1) is 13.1. The molecule has 2 aliphatic rings. The van der Waals surface area contributed by atoms with E-state index in [-0.39, 0.29) is 0 Å². The number of carbonyl (C=O) groups is 1. The maximum Gasteiger partial charge on any atom is 0.265 e. The van der Waals surface area contributed by atoms with Gasteiger partial charge in [0.25, 0.3) is 5.91 Å². The van der Waals surface area contributed by atoms with Crippen LogP contribution >= 0.6 is 11.8 Å². The van der Waals surface area contributed by atoms with Gasteiger partial charge >= 0.3 is 0 Å². The molecule has 11 heteroatoms. The Bertz CT molecular complexity index is 666. The molecule has 3 rings (SSSR count). The van der Waals surface area contributed by atoms with Crippen LogP contribution in [-0.2, 0) is 19.0 Å². The summed E-state index contributed by atoms with van der Waals surface area (Å²) < 4.78 is 18.6. The Morgan fingerprint density at radius 3 is 2.78 bits per heavy atom. The minimum atomic E-state index is -1.35. The Morgan fingerprint density at radius 2 is 2.11 bits per heavy atom. The normalized spacial score (nSPS) is 33.9. The van der Waals surface area contributed by atoms with Crippen molar-refractivity contribution in [1.82, 2.24) is 9.95 Å². The number of aliphatic hydroxyl groups is 1. The summed E-state index contributed by atoms with van der Waals surface area (Å²) in [6.07, 6.45) is -4.12. The molecule has 2 aliphatic heterocycles. The van der Waals surface area contributed by atoms with Gasteiger partial charge in [-0.2, -0.15) is 9.64 Å². The highest BCUT2D eigenvalue weighted by Gasteiger charge is 2.52. The summed E-state index contributed by atoms with van der Waals surface area (Å²) in [5, 5.41) is 18.1. The third-order valence-corrected chi connectivity index (χ3v) is 4.82. The molecule has 0 aliphatic carbocycles. The second kappa shape index (κ2) is 8.91. The molecule has 2 fully saturated rings. The van der Waals surface area contributed by atoms with Crippen molar-refractivity contribution in [2.45, 2.75) is 43.2 Å². The number of amides is 1. The second-order valence-corrected chi connectivity index (χ2v) is 6.51. The highest BCUT2D eigenvalue weighted by molar-refractivity contribution is 6.13. The highest BCUT2D eigenvalue weighted by atomic mass is 35.5. The van der Waals surface area contributed by atoms with Crippen molar-refractivity contribution in [3.63, 3.8) is 0 Å². The van der Waals surface area contributed by atoms with Gasteiger partial charge in [-0.15, -0.1) is 0 Å². The summed E-state index contributed by atoms with van der Waals surface area (Å²) in [6.45, 7) is 0.331. The number of nitrogens with two attached hydrogens (primary N) is 1. The fourth-order valence-corrected chi connectivity index (χ4v) is 3.58. The number of rotatable bonds is 4. The quantitative estimate of drug-likeness (QED) is 0.220. The Labute approximate surface area is 161 Å². The molecule has 0 bridgehead atoms. The first kappa shape index (κ1) is 19.9. The van der Waals surface area contributed by atoms with E-state index >= 15 is 0 Å². The largest absolute Gasteiger partial charge is 0.387 e. The van der Waals surface area contributed by atoms with Crippen LogP contribution in [0.15, 0.2) is 40.7 Å². The minimum absolute atomic E-state index is 0.331. The summed E-state index contributed by atoms with van der Waals surface area (Å²) in [7, 11) is 1.44. The Morgan fingerprint density at radius 1 is 1.37 bits per heavy atom. The number of nitrogens with one attached hydrogen (secondary N) is 1. The van der Waals surface area contributed by atoms with Gasteiger partial charge in [0, 0.05) is 17.3 Å². The Kier molecular flexibility index (Phi) is 6.58. The fourth-order valence-electron chi connectivity index (χ4n) is 3.29. The van der Waals surface area contributed by atoms with E-state index in [1.54, 1.807) is 0 Å². The molecule has 2 heterocycles. The number of aliphatic hydroxyl groups excluding tert-OH is 1. The summed E-state index contributed by atoms with van der Waals surface area (Å²) in [5.74, 6) is 4.54. The molecular weight excluding hydrogens is 378 g/mol. The zero-order valence-corrected chi connectivity index (χ0v) is 15.4. The van der Waals surface area contributed by atoms with Crippen LogP contribution in [0.4, 0.5) is 0 Å². The predicted octanol–water partition coefficient (Wildman–Crippen LogP) is 0.430. The van der Waals surface area contributed by atoms with Gasteiger partial charge in [-0.05, 0) is 6.42 Å². The fraction of sp³-hybridized carbons (Fsp3) is 0.562. The lowest BCUT2D eigenvalue weighted by molar-refractivity contribution is -0.238. The third kappa shape index (κ3) is 4.21. The molecular formula is C16H22ClN5O5. The number of halogens is 1. The van der Waals surface area contributed by atoms with Gasteiger partial charge in [0.2, 0.25) is 0 Å². The number of ether oxygens (including phenoxy) is 3. The lowest BCUT2D eigenvalue weighted by Gasteiger charge is -2.44. The molecule has 4 N–H and O–H groups in total. The monoisotopic (exact) mass is 399 g/mol. The van der Waals surface area contributed by atoms with E-state index in [0.717, 1.165) is 10.1 Å². The molecule has 0 spiro atoms. The summed E-state index contributed by atoms with van der Waals surface area (Å²) in [4.78, 5) is 12.0. The lowest BCUT2D eigenvalue weighted by Crippen LogP contribution is -2.65. The molecule has 10 nitrogen and oxygen atoms in total.